The fraction of sp³-hybridized carbons (Fsp3) is 0.833. The minimum atomic E-state index is -0.408. The van der Waals surface area contributed by atoms with Crippen LogP contribution in [0.3, 0.4) is 0 Å². The Bertz CT molecular complexity index is 281. The van der Waals surface area contributed by atoms with Crippen LogP contribution >= 0.6 is 0 Å². The molecule has 0 radical (unpaired) electrons. The topological polar surface area (TPSA) is 58.6 Å². The molecule has 0 aliphatic carbocycles. The number of carbonyl (C=O) groups is 2. The summed E-state index contributed by atoms with van der Waals surface area (Å²) in [5.74, 6) is -0.0292. The summed E-state index contributed by atoms with van der Waals surface area (Å²) in [6.45, 7) is 5.07. The molecule has 98 valence electrons. The van der Waals surface area contributed by atoms with Crippen molar-refractivity contribution in [3.05, 3.63) is 0 Å². The largest absolute Gasteiger partial charge is 0.385 e. The predicted molar refractivity (Wildman–Crippen MR) is 64.5 cm³/mol. The van der Waals surface area contributed by atoms with Gasteiger partial charge in [0.2, 0.25) is 11.8 Å². The Labute approximate surface area is 102 Å². The second-order valence-corrected chi connectivity index (χ2v) is 4.57. The van der Waals surface area contributed by atoms with E-state index in [1.807, 2.05) is 6.92 Å². The van der Waals surface area contributed by atoms with Crippen molar-refractivity contribution in [1.82, 2.24) is 10.2 Å². The summed E-state index contributed by atoms with van der Waals surface area (Å²) >= 11 is 0. The predicted octanol–water partition coefficient (Wildman–Crippen LogP) is 0.539. The number of nitrogens with one attached hydrogen (secondary N) is 1. The first-order valence-corrected chi connectivity index (χ1v) is 6.15. The Kier molecular flexibility index (Phi) is 5.41. The third-order valence-corrected chi connectivity index (χ3v) is 3.04. The van der Waals surface area contributed by atoms with Gasteiger partial charge in [-0.3, -0.25) is 9.59 Å². The van der Waals surface area contributed by atoms with Gasteiger partial charge in [-0.2, -0.15) is 0 Å². The van der Waals surface area contributed by atoms with Gasteiger partial charge in [0.15, 0.2) is 0 Å². The fourth-order valence-corrected chi connectivity index (χ4v) is 2.07. The Balaban J connectivity index is 2.53. The molecule has 1 heterocycles. The number of methoxy groups -OCH3 is 1. The van der Waals surface area contributed by atoms with Gasteiger partial charge in [-0.1, -0.05) is 0 Å². The SMILES string of the molecule is COCCCCN1C(=O)C(C)NC(=O)CC1C. The third kappa shape index (κ3) is 4.00. The molecule has 5 nitrogen and oxygen atoms in total. The first kappa shape index (κ1) is 14.0. The first-order chi connectivity index (χ1) is 8.06. The molecule has 0 spiro atoms. The third-order valence-electron chi connectivity index (χ3n) is 3.04. The lowest BCUT2D eigenvalue weighted by Gasteiger charge is -2.27. The highest BCUT2D eigenvalue weighted by atomic mass is 16.5. The molecule has 2 atom stereocenters. The maximum absolute atomic E-state index is 12.0. The van der Waals surface area contributed by atoms with E-state index in [-0.39, 0.29) is 17.9 Å². The van der Waals surface area contributed by atoms with Crippen LogP contribution in [0.5, 0.6) is 0 Å². The molecule has 1 fully saturated rings. The summed E-state index contributed by atoms with van der Waals surface area (Å²) < 4.78 is 4.98. The average Bonchev–Trinajstić information content (AvgIpc) is 2.35. The van der Waals surface area contributed by atoms with Crippen LogP contribution in [-0.4, -0.2) is 49.1 Å². The molecule has 1 aliphatic heterocycles. The van der Waals surface area contributed by atoms with E-state index in [0.717, 1.165) is 12.8 Å². The van der Waals surface area contributed by atoms with Crippen LogP contribution in [0.4, 0.5) is 0 Å². The van der Waals surface area contributed by atoms with Crippen molar-refractivity contribution >= 4 is 11.8 Å². The highest BCUT2D eigenvalue weighted by molar-refractivity contribution is 5.90. The van der Waals surface area contributed by atoms with Crippen molar-refractivity contribution in [3.63, 3.8) is 0 Å². The maximum atomic E-state index is 12.0. The molecule has 2 amide bonds. The summed E-state index contributed by atoms with van der Waals surface area (Å²) in [4.78, 5) is 25.3. The van der Waals surface area contributed by atoms with E-state index in [1.54, 1.807) is 18.9 Å². The number of ether oxygens (including phenoxy) is 1. The Morgan fingerprint density at radius 1 is 1.35 bits per heavy atom. The number of hydrogen-bond acceptors (Lipinski definition) is 3. The maximum Gasteiger partial charge on any atom is 0.245 e. The Hall–Kier alpha value is -1.10. The van der Waals surface area contributed by atoms with E-state index in [9.17, 15) is 9.59 Å². The van der Waals surface area contributed by atoms with E-state index in [1.165, 1.54) is 0 Å². The van der Waals surface area contributed by atoms with Crippen molar-refractivity contribution in [2.24, 2.45) is 0 Å². The first-order valence-electron chi connectivity index (χ1n) is 6.15. The van der Waals surface area contributed by atoms with Crippen LogP contribution in [-0.2, 0) is 14.3 Å². The second kappa shape index (κ2) is 6.59. The zero-order valence-electron chi connectivity index (χ0n) is 10.9. The normalized spacial score (nSPS) is 25.7. The van der Waals surface area contributed by atoms with Crippen molar-refractivity contribution in [2.45, 2.75) is 45.2 Å². The van der Waals surface area contributed by atoms with E-state index >= 15 is 0 Å². The lowest BCUT2D eigenvalue weighted by molar-refractivity contribution is -0.134. The Morgan fingerprint density at radius 3 is 2.71 bits per heavy atom. The molecule has 1 saturated heterocycles. The number of hydrogen-bond donors (Lipinski definition) is 1. The van der Waals surface area contributed by atoms with Crippen LogP contribution < -0.4 is 5.32 Å². The number of nitrogens with zero attached hydrogens (tertiary/aromatic N) is 1. The van der Waals surface area contributed by atoms with Gasteiger partial charge in [-0.15, -0.1) is 0 Å². The molecule has 17 heavy (non-hydrogen) atoms. The summed E-state index contributed by atoms with van der Waals surface area (Å²) in [6.07, 6.45) is 2.23. The molecule has 0 aromatic heterocycles. The standard InChI is InChI=1S/C12H22N2O3/c1-9-8-11(15)13-10(2)12(16)14(9)6-4-5-7-17-3/h9-10H,4-8H2,1-3H3,(H,13,15). The van der Waals surface area contributed by atoms with Crippen LogP contribution in [0.2, 0.25) is 0 Å². The molecule has 5 heteroatoms. The van der Waals surface area contributed by atoms with Crippen molar-refractivity contribution in [1.29, 1.82) is 0 Å². The molecule has 0 bridgehead atoms. The second-order valence-electron chi connectivity index (χ2n) is 4.57. The van der Waals surface area contributed by atoms with E-state index < -0.39 is 6.04 Å². The van der Waals surface area contributed by atoms with Crippen LogP contribution in [0.25, 0.3) is 0 Å². The lowest BCUT2D eigenvalue weighted by Crippen LogP contribution is -2.45. The van der Waals surface area contributed by atoms with Gasteiger partial charge < -0.3 is 15.0 Å². The zero-order valence-corrected chi connectivity index (χ0v) is 10.9. The number of rotatable bonds is 5. The van der Waals surface area contributed by atoms with E-state index in [0.29, 0.717) is 19.6 Å². The molecule has 2 unspecified atom stereocenters. The molecule has 1 N–H and O–H groups in total. The quantitative estimate of drug-likeness (QED) is 0.716. The number of amides is 2. The number of unbranched alkanes of at least 4 members (excludes halogenated alkanes) is 1. The van der Waals surface area contributed by atoms with Gasteiger partial charge >= 0.3 is 0 Å². The molecular formula is C12H22N2O3. The van der Waals surface area contributed by atoms with Gasteiger partial charge in [0.05, 0.1) is 0 Å². The average molecular weight is 242 g/mol. The molecule has 1 aliphatic rings. The van der Waals surface area contributed by atoms with Gasteiger partial charge in [0, 0.05) is 32.7 Å². The van der Waals surface area contributed by atoms with Gasteiger partial charge in [0.25, 0.3) is 0 Å². The molecule has 1 rings (SSSR count). The summed E-state index contributed by atoms with van der Waals surface area (Å²) in [5, 5.41) is 2.70. The molecule has 0 aromatic carbocycles. The highest BCUT2D eigenvalue weighted by Gasteiger charge is 2.30. The summed E-state index contributed by atoms with van der Waals surface area (Å²) in [5.41, 5.74) is 0. The Morgan fingerprint density at radius 2 is 2.06 bits per heavy atom. The van der Waals surface area contributed by atoms with Gasteiger partial charge in [0.1, 0.15) is 6.04 Å². The monoisotopic (exact) mass is 242 g/mol. The minimum absolute atomic E-state index is 0.0146. The van der Waals surface area contributed by atoms with E-state index in [4.69, 9.17) is 4.74 Å². The number of carbonyl (C=O) groups excluding carboxylic acids is 2. The molecule has 0 saturated carbocycles. The minimum Gasteiger partial charge on any atom is -0.385 e. The molecular weight excluding hydrogens is 220 g/mol. The summed E-state index contributed by atoms with van der Waals surface area (Å²) in [6, 6.07) is -0.426. The highest BCUT2D eigenvalue weighted by Crippen LogP contribution is 2.12. The van der Waals surface area contributed by atoms with Crippen molar-refractivity contribution < 1.29 is 14.3 Å². The smallest absolute Gasteiger partial charge is 0.245 e. The summed E-state index contributed by atoms with van der Waals surface area (Å²) in [7, 11) is 1.67. The van der Waals surface area contributed by atoms with Crippen molar-refractivity contribution in [3.8, 4) is 0 Å². The van der Waals surface area contributed by atoms with Gasteiger partial charge in [-0.05, 0) is 26.7 Å². The van der Waals surface area contributed by atoms with Crippen LogP contribution in [0.1, 0.15) is 33.1 Å². The van der Waals surface area contributed by atoms with Crippen molar-refractivity contribution in [2.75, 3.05) is 20.3 Å². The lowest BCUT2D eigenvalue weighted by atomic mass is 10.2. The zero-order chi connectivity index (χ0) is 12.8. The fourth-order valence-electron chi connectivity index (χ4n) is 2.07. The van der Waals surface area contributed by atoms with E-state index in [2.05, 4.69) is 5.32 Å². The van der Waals surface area contributed by atoms with Crippen LogP contribution in [0.15, 0.2) is 0 Å². The van der Waals surface area contributed by atoms with Crippen LogP contribution in [0, 0.1) is 0 Å². The molecule has 0 aromatic rings. The van der Waals surface area contributed by atoms with Gasteiger partial charge in [-0.25, -0.2) is 0 Å².